The smallest absolute Gasteiger partial charge is 0.252 e. The predicted octanol–water partition coefficient (Wildman–Crippen LogP) is 3.03. The highest BCUT2D eigenvalue weighted by Crippen LogP contribution is 2.16. The second-order valence-electron chi connectivity index (χ2n) is 4.36. The van der Waals surface area contributed by atoms with E-state index in [0.29, 0.717) is 12.1 Å². The second kappa shape index (κ2) is 5.46. The highest BCUT2D eigenvalue weighted by Gasteiger charge is 2.10. The first-order valence-corrected chi connectivity index (χ1v) is 6.99. The molecule has 1 N–H and O–H groups in total. The molecule has 0 unspecified atom stereocenters. The van der Waals surface area contributed by atoms with Gasteiger partial charge in [0, 0.05) is 22.8 Å². The van der Waals surface area contributed by atoms with Crippen LogP contribution >= 0.6 is 15.9 Å². The maximum atomic E-state index is 12.1. The molecule has 0 saturated carbocycles. The Kier molecular flexibility index (Phi) is 3.52. The van der Waals surface area contributed by atoms with Gasteiger partial charge in [-0.05, 0) is 40.2 Å². The molecular formula is C15H12BrN3O. The molecular weight excluding hydrogens is 318 g/mol. The zero-order valence-corrected chi connectivity index (χ0v) is 12.2. The van der Waals surface area contributed by atoms with Crippen LogP contribution in [0.15, 0.2) is 59.3 Å². The van der Waals surface area contributed by atoms with E-state index in [1.807, 2.05) is 42.6 Å². The van der Waals surface area contributed by atoms with Crippen molar-refractivity contribution in [2.75, 3.05) is 0 Å². The van der Waals surface area contributed by atoms with E-state index in [1.165, 1.54) is 0 Å². The van der Waals surface area contributed by atoms with Gasteiger partial charge >= 0.3 is 0 Å². The standard InChI is InChI=1S/C15H12BrN3O/c16-13-6-2-1-5-12(13)15(20)17-9-11-10-18-19-8-4-3-7-14(11)19/h1-8,10H,9H2,(H,17,20). The fourth-order valence-electron chi connectivity index (χ4n) is 2.04. The molecule has 4 nitrogen and oxygen atoms in total. The minimum absolute atomic E-state index is 0.104. The quantitative estimate of drug-likeness (QED) is 0.802. The molecule has 0 atom stereocenters. The average Bonchev–Trinajstić information content (AvgIpc) is 2.88. The fourth-order valence-corrected chi connectivity index (χ4v) is 2.50. The van der Waals surface area contributed by atoms with E-state index < -0.39 is 0 Å². The first-order chi connectivity index (χ1) is 9.75. The van der Waals surface area contributed by atoms with Crippen molar-refractivity contribution in [3.63, 3.8) is 0 Å². The van der Waals surface area contributed by atoms with Gasteiger partial charge in [-0.1, -0.05) is 18.2 Å². The first kappa shape index (κ1) is 12.9. The molecule has 0 bridgehead atoms. The Morgan fingerprint density at radius 3 is 2.85 bits per heavy atom. The van der Waals surface area contributed by atoms with Gasteiger partial charge in [0.2, 0.25) is 0 Å². The molecule has 2 heterocycles. The summed E-state index contributed by atoms with van der Waals surface area (Å²) in [5.41, 5.74) is 2.62. The van der Waals surface area contributed by atoms with Gasteiger partial charge in [-0.25, -0.2) is 4.52 Å². The summed E-state index contributed by atoms with van der Waals surface area (Å²) in [6, 6.07) is 13.2. The molecule has 0 aliphatic carbocycles. The molecule has 0 aliphatic rings. The van der Waals surface area contributed by atoms with Crippen molar-refractivity contribution >= 4 is 27.4 Å². The lowest BCUT2D eigenvalue weighted by molar-refractivity contribution is 0.0950. The number of hydrogen-bond donors (Lipinski definition) is 1. The molecule has 0 aliphatic heterocycles. The molecule has 3 aromatic rings. The summed E-state index contributed by atoms with van der Waals surface area (Å²) in [4.78, 5) is 12.1. The van der Waals surface area contributed by atoms with Crippen LogP contribution in [0.2, 0.25) is 0 Å². The molecule has 5 heteroatoms. The molecule has 100 valence electrons. The number of amides is 1. The summed E-state index contributed by atoms with van der Waals surface area (Å²) in [6.07, 6.45) is 3.66. The molecule has 0 spiro atoms. The summed E-state index contributed by atoms with van der Waals surface area (Å²) in [5.74, 6) is -0.104. The lowest BCUT2D eigenvalue weighted by atomic mass is 10.2. The van der Waals surface area contributed by atoms with Gasteiger partial charge in [0.15, 0.2) is 0 Å². The van der Waals surface area contributed by atoms with Crippen LogP contribution in [0.3, 0.4) is 0 Å². The van der Waals surface area contributed by atoms with Crippen LogP contribution in [-0.2, 0) is 6.54 Å². The number of carbonyl (C=O) groups excluding carboxylic acids is 1. The molecule has 20 heavy (non-hydrogen) atoms. The number of halogens is 1. The molecule has 0 radical (unpaired) electrons. The monoisotopic (exact) mass is 329 g/mol. The van der Waals surface area contributed by atoms with Crippen molar-refractivity contribution in [3.05, 3.63) is 70.5 Å². The fraction of sp³-hybridized carbons (Fsp3) is 0.0667. The maximum absolute atomic E-state index is 12.1. The van der Waals surface area contributed by atoms with Crippen LogP contribution in [0.4, 0.5) is 0 Å². The van der Waals surface area contributed by atoms with E-state index in [4.69, 9.17) is 0 Å². The van der Waals surface area contributed by atoms with Crippen molar-refractivity contribution in [3.8, 4) is 0 Å². The van der Waals surface area contributed by atoms with Crippen molar-refractivity contribution in [2.45, 2.75) is 6.54 Å². The predicted molar refractivity (Wildman–Crippen MR) is 80.5 cm³/mol. The third kappa shape index (κ3) is 2.44. The SMILES string of the molecule is O=C(NCc1cnn2ccccc12)c1ccccc1Br. The van der Waals surface area contributed by atoms with Gasteiger partial charge in [-0.15, -0.1) is 0 Å². The number of pyridine rings is 1. The van der Waals surface area contributed by atoms with Crippen LogP contribution < -0.4 is 5.32 Å². The number of benzene rings is 1. The minimum Gasteiger partial charge on any atom is -0.348 e. The molecule has 2 aromatic heterocycles. The van der Waals surface area contributed by atoms with Crippen LogP contribution in [0.1, 0.15) is 15.9 Å². The highest BCUT2D eigenvalue weighted by atomic mass is 79.9. The number of fused-ring (bicyclic) bond motifs is 1. The third-order valence-corrected chi connectivity index (χ3v) is 3.76. The normalized spacial score (nSPS) is 10.7. The van der Waals surface area contributed by atoms with E-state index in [0.717, 1.165) is 15.6 Å². The van der Waals surface area contributed by atoms with Crippen molar-refractivity contribution in [2.24, 2.45) is 0 Å². The van der Waals surface area contributed by atoms with Crippen LogP contribution in [0.5, 0.6) is 0 Å². The van der Waals surface area contributed by atoms with E-state index in [1.54, 1.807) is 16.8 Å². The van der Waals surface area contributed by atoms with Gasteiger partial charge < -0.3 is 5.32 Å². The summed E-state index contributed by atoms with van der Waals surface area (Å²) in [7, 11) is 0. The largest absolute Gasteiger partial charge is 0.348 e. The molecule has 1 aromatic carbocycles. The van der Waals surface area contributed by atoms with Gasteiger partial charge in [0.05, 0.1) is 17.3 Å². The summed E-state index contributed by atoms with van der Waals surface area (Å²) >= 11 is 3.38. The number of rotatable bonds is 3. The highest BCUT2D eigenvalue weighted by molar-refractivity contribution is 9.10. The van der Waals surface area contributed by atoms with Gasteiger partial charge in [0.1, 0.15) is 0 Å². The van der Waals surface area contributed by atoms with Crippen molar-refractivity contribution in [1.82, 2.24) is 14.9 Å². The Hall–Kier alpha value is -2.14. The van der Waals surface area contributed by atoms with Crippen molar-refractivity contribution in [1.29, 1.82) is 0 Å². The molecule has 0 saturated heterocycles. The van der Waals surface area contributed by atoms with Crippen LogP contribution in [0, 0.1) is 0 Å². The zero-order chi connectivity index (χ0) is 13.9. The average molecular weight is 330 g/mol. The van der Waals surface area contributed by atoms with Crippen molar-refractivity contribution < 1.29 is 4.79 Å². The number of nitrogens with one attached hydrogen (secondary N) is 1. The lowest BCUT2D eigenvalue weighted by Crippen LogP contribution is -2.23. The summed E-state index contributed by atoms with van der Waals surface area (Å²) < 4.78 is 2.58. The third-order valence-electron chi connectivity index (χ3n) is 3.06. The second-order valence-corrected chi connectivity index (χ2v) is 5.22. The van der Waals surface area contributed by atoms with Crippen LogP contribution in [0.25, 0.3) is 5.52 Å². The Bertz CT molecular complexity index is 766. The summed E-state index contributed by atoms with van der Waals surface area (Å²) in [6.45, 7) is 0.452. The lowest BCUT2D eigenvalue weighted by Gasteiger charge is -2.06. The minimum atomic E-state index is -0.104. The maximum Gasteiger partial charge on any atom is 0.252 e. The van der Waals surface area contributed by atoms with Gasteiger partial charge in [0.25, 0.3) is 5.91 Å². The van der Waals surface area contributed by atoms with E-state index >= 15 is 0 Å². The Morgan fingerprint density at radius 1 is 1.20 bits per heavy atom. The Labute approximate surface area is 124 Å². The topological polar surface area (TPSA) is 46.4 Å². The van der Waals surface area contributed by atoms with E-state index in [9.17, 15) is 4.79 Å². The van der Waals surface area contributed by atoms with Gasteiger partial charge in [-0.2, -0.15) is 5.10 Å². The Morgan fingerprint density at radius 2 is 2.00 bits per heavy atom. The zero-order valence-electron chi connectivity index (χ0n) is 10.6. The number of carbonyl (C=O) groups is 1. The summed E-state index contributed by atoms with van der Waals surface area (Å²) in [5, 5.41) is 7.16. The number of aromatic nitrogens is 2. The molecule has 1 amide bonds. The number of hydrogen-bond acceptors (Lipinski definition) is 2. The first-order valence-electron chi connectivity index (χ1n) is 6.19. The van der Waals surface area contributed by atoms with E-state index in [2.05, 4.69) is 26.3 Å². The molecule has 3 rings (SSSR count). The Balaban J connectivity index is 1.77. The molecule has 0 fully saturated rings. The van der Waals surface area contributed by atoms with Gasteiger partial charge in [-0.3, -0.25) is 4.79 Å². The van der Waals surface area contributed by atoms with E-state index in [-0.39, 0.29) is 5.91 Å². The number of nitrogens with zero attached hydrogens (tertiary/aromatic N) is 2. The van der Waals surface area contributed by atoms with Crippen LogP contribution in [-0.4, -0.2) is 15.5 Å².